The Bertz CT molecular complexity index is 567. The van der Waals surface area contributed by atoms with Gasteiger partial charge >= 0.3 is 0 Å². The quantitative estimate of drug-likeness (QED) is 0.521. The van der Waals surface area contributed by atoms with Crippen LogP contribution in [0.5, 0.6) is 5.75 Å². The van der Waals surface area contributed by atoms with E-state index in [2.05, 4.69) is 26.1 Å². The average Bonchev–Trinajstić information content (AvgIpc) is 2.39. The minimum absolute atomic E-state index is 0.375. The molecule has 2 aromatic rings. The lowest BCUT2D eigenvalue weighted by molar-refractivity contribution is 0.304. The topological polar surface area (TPSA) is 54.7 Å². The van der Waals surface area contributed by atoms with Gasteiger partial charge in [0.1, 0.15) is 6.61 Å². The van der Waals surface area contributed by atoms with Crippen LogP contribution in [0.25, 0.3) is 0 Å². The van der Waals surface area contributed by atoms with Crippen molar-refractivity contribution in [3.05, 3.63) is 57.3 Å². The molecule has 1 heterocycles. The minimum atomic E-state index is 0.375. The summed E-state index contributed by atoms with van der Waals surface area (Å²) in [5.41, 5.74) is 1.62. The Kier molecular flexibility index (Phi) is 4.76. The lowest BCUT2D eigenvalue weighted by Gasteiger charge is -2.10. The van der Waals surface area contributed by atoms with E-state index < -0.39 is 0 Å². The highest BCUT2D eigenvalue weighted by atomic mass is 79.9. The van der Waals surface area contributed by atoms with E-state index in [1.54, 1.807) is 24.5 Å². The molecule has 1 N–H and O–H groups in total. The Hall–Kier alpha value is -1.59. The van der Waals surface area contributed by atoms with Gasteiger partial charge in [-0.05, 0) is 39.7 Å². The number of nitrogens with zero attached hydrogens (tertiary/aromatic N) is 2. The smallest absolute Gasteiger partial charge is 0.152 e. The van der Waals surface area contributed by atoms with Crippen LogP contribution >= 0.6 is 27.5 Å². The molecule has 0 bridgehead atoms. The molecule has 0 atom stereocenters. The maximum Gasteiger partial charge on any atom is 0.152 e. The van der Waals surface area contributed by atoms with Gasteiger partial charge in [-0.25, -0.2) is 0 Å². The van der Waals surface area contributed by atoms with Gasteiger partial charge in [0.15, 0.2) is 5.75 Å². The summed E-state index contributed by atoms with van der Waals surface area (Å²) in [4.78, 5) is 4.01. The summed E-state index contributed by atoms with van der Waals surface area (Å²) >= 11 is 9.50. The summed E-state index contributed by atoms with van der Waals surface area (Å²) in [6, 6.07) is 7.17. The number of benzene rings is 1. The molecule has 0 unspecified atom stereocenters. The summed E-state index contributed by atoms with van der Waals surface area (Å²) in [5.74, 6) is 0.542. The highest BCUT2D eigenvalue weighted by Gasteiger charge is 2.09. The second-order valence-corrected chi connectivity index (χ2v) is 4.97. The van der Waals surface area contributed by atoms with Crippen LogP contribution in [0.3, 0.4) is 0 Å². The molecule has 0 aliphatic heterocycles. The highest BCUT2D eigenvalue weighted by Crippen LogP contribution is 2.34. The molecule has 4 nitrogen and oxygen atoms in total. The number of hydrogen-bond acceptors (Lipinski definition) is 4. The van der Waals surface area contributed by atoms with Gasteiger partial charge in [0, 0.05) is 18.0 Å². The number of ether oxygens (including phenoxy) is 1. The lowest BCUT2D eigenvalue weighted by Crippen LogP contribution is -1.98. The molecule has 0 aliphatic carbocycles. The van der Waals surface area contributed by atoms with E-state index in [1.807, 2.05) is 12.1 Å². The summed E-state index contributed by atoms with van der Waals surface area (Å²) in [6.45, 7) is 0.375. The fourth-order valence-corrected chi connectivity index (χ4v) is 2.49. The Balaban J connectivity index is 2.17. The Morgan fingerprint density at radius 2 is 2.32 bits per heavy atom. The molecule has 0 fully saturated rings. The van der Waals surface area contributed by atoms with Crippen LogP contribution in [-0.2, 0) is 6.61 Å². The van der Waals surface area contributed by atoms with E-state index >= 15 is 0 Å². The number of hydrogen-bond donors (Lipinski definition) is 1. The predicted octanol–water partition coefficient (Wildman–Crippen LogP) is 3.88. The lowest BCUT2D eigenvalue weighted by atomic mass is 10.2. The third kappa shape index (κ3) is 3.68. The molecule has 0 aliphatic rings. The Labute approximate surface area is 123 Å². The zero-order valence-electron chi connectivity index (χ0n) is 9.75. The van der Waals surface area contributed by atoms with Crippen molar-refractivity contribution in [1.29, 1.82) is 0 Å². The number of rotatable bonds is 4. The van der Waals surface area contributed by atoms with Gasteiger partial charge in [0.05, 0.1) is 15.7 Å². The molecule has 1 aromatic heterocycles. The summed E-state index contributed by atoms with van der Waals surface area (Å²) in [7, 11) is 0. The highest BCUT2D eigenvalue weighted by molar-refractivity contribution is 9.10. The third-order valence-corrected chi connectivity index (χ3v) is 3.20. The molecule has 1 aromatic carbocycles. The largest absolute Gasteiger partial charge is 0.486 e. The normalized spacial score (nSPS) is 10.8. The van der Waals surface area contributed by atoms with Crippen LogP contribution < -0.4 is 4.74 Å². The molecule has 0 spiro atoms. The Morgan fingerprint density at radius 1 is 1.47 bits per heavy atom. The molecule has 19 heavy (non-hydrogen) atoms. The van der Waals surface area contributed by atoms with Crippen molar-refractivity contribution in [3.63, 3.8) is 0 Å². The van der Waals surface area contributed by atoms with E-state index in [4.69, 9.17) is 21.5 Å². The number of pyridine rings is 1. The van der Waals surface area contributed by atoms with Crippen molar-refractivity contribution in [2.24, 2.45) is 5.16 Å². The fraction of sp³-hybridized carbons (Fsp3) is 0.0769. The van der Waals surface area contributed by atoms with Crippen LogP contribution in [0.15, 0.2) is 46.3 Å². The summed E-state index contributed by atoms with van der Waals surface area (Å²) < 4.78 is 6.35. The molecule has 0 radical (unpaired) electrons. The van der Waals surface area contributed by atoms with Crippen molar-refractivity contribution in [2.75, 3.05) is 0 Å². The zero-order chi connectivity index (χ0) is 13.7. The van der Waals surface area contributed by atoms with E-state index in [-0.39, 0.29) is 0 Å². The van der Waals surface area contributed by atoms with Crippen molar-refractivity contribution in [1.82, 2.24) is 4.98 Å². The van der Waals surface area contributed by atoms with E-state index in [0.717, 1.165) is 5.56 Å². The number of oxime groups is 1. The van der Waals surface area contributed by atoms with Gasteiger partial charge < -0.3 is 9.94 Å². The number of aromatic nitrogens is 1. The van der Waals surface area contributed by atoms with Gasteiger partial charge in [-0.15, -0.1) is 0 Å². The van der Waals surface area contributed by atoms with Gasteiger partial charge in [0.2, 0.25) is 0 Å². The van der Waals surface area contributed by atoms with Crippen molar-refractivity contribution in [2.45, 2.75) is 6.61 Å². The van der Waals surface area contributed by atoms with Crippen LogP contribution in [-0.4, -0.2) is 16.4 Å². The summed E-state index contributed by atoms with van der Waals surface area (Å²) in [5, 5.41) is 11.9. The first-order chi connectivity index (χ1) is 9.20. The minimum Gasteiger partial charge on any atom is -0.486 e. The van der Waals surface area contributed by atoms with E-state index in [9.17, 15) is 0 Å². The maximum atomic E-state index is 8.50. The SMILES string of the molecule is O/N=C/c1cc(Cl)c(OCc2cccnc2)c(Br)c1. The number of halogens is 2. The van der Waals surface area contributed by atoms with Gasteiger partial charge in [-0.3, -0.25) is 4.98 Å². The monoisotopic (exact) mass is 340 g/mol. The molecular formula is C13H10BrClN2O2. The second-order valence-electron chi connectivity index (χ2n) is 3.71. The molecule has 2 rings (SSSR count). The molecule has 0 amide bonds. The van der Waals surface area contributed by atoms with Crippen LogP contribution in [0.2, 0.25) is 5.02 Å². The first kappa shape index (κ1) is 13.8. The van der Waals surface area contributed by atoms with Crippen molar-refractivity contribution in [3.8, 4) is 5.75 Å². The third-order valence-electron chi connectivity index (χ3n) is 2.33. The maximum absolute atomic E-state index is 8.50. The molecule has 0 saturated carbocycles. The average molecular weight is 342 g/mol. The Morgan fingerprint density at radius 3 is 2.95 bits per heavy atom. The summed E-state index contributed by atoms with van der Waals surface area (Å²) in [6.07, 6.45) is 4.73. The van der Waals surface area contributed by atoms with Crippen LogP contribution in [0, 0.1) is 0 Å². The van der Waals surface area contributed by atoms with Gasteiger partial charge in [-0.1, -0.05) is 22.8 Å². The standard InChI is InChI=1S/C13H10BrClN2O2/c14-11-4-10(7-17-18)5-12(15)13(11)19-8-9-2-1-3-16-6-9/h1-7,18H,8H2/b17-7+. The molecule has 98 valence electrons. The second kappa shape index (κ2) is 6.54. The van der Waals surface area contributed by atoms with Crippen molar-refractivity contribution < 1.29 is 9.94 Å². The predicted molar refractivity (Wildman–Crippen MR) is 77.1 cm³/mol. The van der Waals surface area contributed by atoms with Crippen LogP contribution in [0.4, 0.5) is 0 Å². The fourth-order valence-electron chi connectivity index (χ4n) is 1.50. The molecule has 0 saturated heterocycles. The zero-order valence-corrected chi connectivity index (χ0v) is 12.1. The van der Waals surface area contributed by atoms with Gasteiger partial charge in [-0.2, -0.15) is 0 Å². The van der Waals surface area contributed by atoms with Crippen molar-refractivity contribution >= 4 is 33.7 Å². The molecular weight excluding hydrogens is 332 g/mol. The van der Waals surface area contributed by atoms with Crippen LogP contribution in [0.1, 0.15) is 11.1 Å². The molecule has 6 heteroatoms. The first-order valence-corrected chi connectivity index (χ1v) is 6.56. The van der Waals surface area contributed by atoms with Gasteiger partial charge in [0.25, 0.3) is 0 Å². The first-order valence-electron chi connectivity index (χ1n) is 5.39. The van der Waals surface area contributed by atoms with E-state index in [1.165, 1.54) is 6.21 Å². The van der Waals surface area contributed by atoms with E-state index in [0.29, 0.717) is 27.4 Å².